The molecule has 0 amide bonds. The normalized spacial score (nSPS) is 15.5. The number of allylic oxidation sites excluding steroid dienone is 1. The lowest BCUT2D eigenvalue weighted by Crippen LogP contribution is -2.32. The summed E-state index contributed by atoms with van der Waals surface area (Å²) >= 11 is 0. The molecule has 0 spiro atoms. The molecule has 0 radical (unpaired) electrons. The molecule has 2 heterocycles. The van der Waals surface area contributed by atoms with Gasteiger partial charge < -0.3 is 28.4 Å². The fourth-order valence-corrected chi connectivity index (χ4v) is 4.78. The number of hydrogen-bond acceptors (Lipinski definition) is 8. The van der Waals surface area contributed by atoms with Crippen LogP contribution in [0.15, 0.2) is 48.2 Å². The van der Waals surface area contributed by atoms with E-state index in [0.29, 0.717) is 53.9 Å². The Labute approximate surface area is 215 Å². The van der Waals surface area contributed by atoms with Crippen molar-refractivity contribution in [1.29, 1.82) is 0 Å². The van der Waals surface area contributed by atoms with Gasteiger partial charge in [-0.05, 0) is 31.2 Å². The number of methoxy groups -OCH3 is 4. The van der Waals surface area contributed by atoms with Crippen LogP contribution in [0.2, 0.25) is 0 Å². The first-order valence-corrected chi connectivity index (χ1v) is 11.8. The highest BCUT2D eigenvalue weighted by atomic mass is 16.5. The van der Waals surface area contributed by atoms with Crippen molar-refractivity contribution in [3.8, 4) is 34.5 Å². The third-order valence-electron chi connectivity index (χ3n) is 6.61. The number of carbonyl (C=O) groups excluding carboxylic acids is 1. The molecule has 8 nitrogen and oxygen atoms in total. The number of ketones is 1. The smallest absolute Gasteiger partial charge is 0.231 e. The number of fused-ring (bicyclic) bond motifs is 2. The standard InChI is InChI=1S/C29H29NO7/c1-17-28-20(15-30(16-36-28)14-18-8-6-7-9-22(18)32-2)10-21-27(31)26(37-29(17)21)12-19-11-24(34-4)25(35-5)13-23(19)33-3/h6-13H,14-16H2,1-5H3/b26-12-. The van der Waals surface area contributed by atoms with Crippen molar-refractivity contribution < 1.29 is 33.2 Å². The SMILES string of the molecule is COc1cc(OC)c(OC)cc1/C=C1\Oc2c(cc3c(c2C)OCN(Cc2ccccc2OC)C3)C1=O. The van der Waals surface area contributed by atoms with Crippen LogP contribution >= 0.6 is 0 Å². The van der Waals surface area contributed by atoms with Crippen molar-refractivity contribution >= 4 is 11.9 Å². The van der Waals surface area contributed by atoms with Gasteiger partial charge in [0, 0.05) is 41.4 Å². The molecule has 5 rings (SSSR count). The first-order chi connectivity index (χ1) is 18.0. The molecule has 37 heavy (non-hydrogen) atoms. The van der Waals surface area contributed by atoms with E-state index >= 15 is 0 Å². The van der Waals surface area contributed by atoms with E-state index < -0.39 is 0 Å². The molecule has 8 heteroatoms. The zero-order chi connectivity index (χ0) is 26.1. The Hall–Kier alpha value is -4.17. The number of carbonyl (C=O) groups is 1. The second kappa shape index (κ2) is 10.1. The molecular formula is C29H29NO7. The predicted octanol–water partition coefficient (Wildman–Crippen LogP) is 5.00. The highest BCUT2D eigenvalue weighted by molar-refractivity contribution is 6.15. The molecule has 0 saturated carbocycles. The van der Waals surface area contributed by atoms with Gasteiger partial charge in [0.15, 0.2) is 17.3 Å². The summed E-state index contributed by atoms with van der Waals surface area (Å²) in [4.78, 5) is 15.6. The van der Waals surface area contributed by atoms with Gasteiger partial charge in [0.2, 0.25) is 5.78 Å². The summed E-state index contributed by atoms with van der Waals surface area (Å²) < 4.78 is 34.0. The quantitative estimate of drug-likeness (QED) is 0.417. The van der Waals surface area contributed by atoms with E-state index in [9.17, 15) is 4.79 Å². The Balaban J connectivity index is 1.44. The van der Waals surface area contributed by atoms with Crippen LogP contribution in [0.5, 0.6) is 34.5 Å². The van der Waals surface area contributed by atoms with Crippen molar-refractivity contribution in [3.63, 3.8) is 0 Å². The molecule has 2 aliphatic heterocycles. The lowest BCUT2D eigenvalue weighted by Gasteiger charge is -2.30. The maximum absolute atomic E-state index is 13.4. The molecule has 0 aliphatic carbocycles. The van der Waals surface area contributed by atoms with E-state index in [4.69, 9.17) is 28.4 Å². The van der Waals surface area contributed by atoms with Crippen molar-refractivity contribution in [1.82, 2.24) is 4.90 Å². The first-order valence-electron chi connectivity index (χ1n) is 11.8. The molecule has 0 aromatic heterocycles. The van der Waals surface area contributed by atoms with E-state index in [-0.39, 0.29) is 11.5 Å². The van der Waals surface area contributed by atoms with E-state index in [1.165, 1.54) is 0 Å². The maximum Gasteiger partial charge on any atom is 0.231 e. The number of para-hydroxylation sites is 1. The summed E-state index contributed by atoms with van der Waals surface area (Å²) in [5.74, 6) is 3.71. The van der Waals surface area contributed by atoms with Crippen LogP contribution in [-0.2, 0) is 13.1 Å². The molecule has 2 aliphatic rings. The third kappa shape index (κ3) is 4.44. The molecule has 0 bridgehead atoms. The van der Waals surface area contributed by atoms with Crippen molar-refractivity contribution in [2.75, 3.05) is 35.2 Å². The maximum atomic E-state index is 13.4. The van der Waals surface area contributed by atoms with E-state index in [1.807, 2.05) is 37.3 Å². The number of Topliss-reactive ketones (excluding diaryl/α,β-unsaturated/α-hetero) is 1. The zero-order valence-electron chi connectivity index (χ0n) is 21.5. The van der Waals surface area contributed by atoms with Gasteiger partial charge in [-0.1, -0.05) is 18.2 Å². The highest BCUT2D eigenvalue weighted by Gasteiger charge is 2.34. The number of hydrogen-bond donors (Lipinski definition) is 0. The van der Waals surface area contributed by atoms with Crippen LogP contribution in [0, 0.1) is 6.92 Å². The molecule has 3 aromatic carbocycles. The van der Waals surface area contributed by atoms with Crippen LogP contribution in [0.4, 0.5) is 0 Å². The summed E-state index contributed by atoms with van der Waals surface area (Å²) in [7, 11) is 6.34. The molecule has 192 valence electrons. The monoisotopic (exact) mass is 503 g/mol. The second-order valence-corrected chi connectivity index (χ2v) is 8.83. The Kier molecular flexibility index (Phi) is 6.67. The molecular weight excluding hydrogens is 474 g/mol. The fraction of sp³-hybridized carbons (Fsp3) is 0.276. The lowest BCUT2D eigenvalue weighted by atomic mass is 9.99. The average molecular weight is 504 g/mol. The summed E-state index contributed by atoms with van der Waals surface area (Å²) in [5.41, 5.74) is 3.98. The lowest BCUT2D eigenvalue weighted by molar-refractivity contribution is 0.0869. The van der Waals surface area contributed by atoms with Crippen LogP contribution in [0.25, 0.3) is 6.08 Å². The third-order valence-corrected chi connectivity index (χ3v) is 6.61. The van der Waals surface area contributed by atoms with Crippen molar-refractivity contribution in [2.24, 2.45) is 0 Å². The minimum Gasteiger partial charge on any atom is -0.496 e. The van der Waals surface area contributed by atoms with Gasteiger partial charge in [0.05, 0.1) is 34.0 Å². The van der Waals surface area contributed by atoms with Crippen molar-refractivity contribution in [3.05, 3.63) is 76.0 Å². The summed E-state index contributed by atoms with van der Waals surface area (Å²) in [5, 5.41) is 0. The number of ether oxygens (including phenoxy) is 6. The van der Waals surface area contributed by atoms with Crippen LogP contribution < -0.4 is 28.4 Å². The number of nitrogens with zero attached hydrogens (tertiary/aromatic N) is 1. The van der Waals surface area contributed by atoms with Crippen LogP contribution in [0.3, 0.4) is 0 Å². The summed E-state index contributed by atoms with van der Waals surface area (Å²) in [6.45, 7) is 3.64. The Bertz CT molecular complexity index is 1400. The fourth-order valence-electron chi connectivity index (χ4n) is 4.78. The van der Waals surface area contributed by atoms with E-state index in [0.717, 1.165) is 28.2 Å². The minimum absolute atomic E-state index is 0.195. The van der Waals surface area contributed by atoms with Gasteiger partial charge in [0.25, 0.3) is 0 Å². The van der Waals surface area contributed by atoms with Gasteiger partial charge >= 0.3 is 0 Å². The first kappa shape index (κ1) is 24.5. The van der Waals surface area contributed by atoms with Gasteiger partial charge in [-0.25, -0.2) is 0 Å². The van der Waals surface area contributed by atoms with E-state index in [2.05, 4.69) is 4.90 Å². The Morgan fingerprint density at radius 1 is 0.892 bits per heavy atom. The number of rotatable bonds is 7. The zero-order valence-corrected chi connectivity index (χ0v) is 21.5. The Morgan fingerprint density at radius 3 is 2.32 bits per heavy atom. The van der Waals surface area contributed by atoms with Crippen LogP contribution in [0.1, 0.15) is 32.6 Å². The average Bonchev–Trinajstić information content (AvgIpc) is 3.23. The van der Waals surface area contributed by atoms with Gasteiger partial charge in [-0.3, -0.25) is 9.69 Å². The van der Waals surface area contributed by atoms with Gasteiger partial charge in [-0.2, -0.15) is 0 Å². The summed E-state index contributed by atoms with van der Waals surface area (Å²) in [6.07, 6.45) is 1.66. The number of benzene rings is 3. The largest absolute Gasteiger partial charge is 0.496 e. The molecule has 3 aromatic rings. The Morgan fingerprint density at radius 2 is 1.59 bits per heavy atom. The molecule has 0 atom stereocenters. The molecule has 0 saturated heterocycles. The van der Waals surface area contributed by atoms with Crippen molar-refractivity contribution in [2.45, 2.75) is 20.0 Å². The van der Waals surface area contributed by atoms with Gasteiger partial charge in [0.1, 0.15) is 29.7 Å². The summed E-state index contributed by atoms with van der Waals surface area (Å²) in [6, 6.07) is 13.3. The highest BCUT2D eigenvalue weighted by Crippen LogP contribution is 2.44. The van der Waals surface area contributed by atoms with E-state index in [1.54, 1.807) is 46.6 Å². The predicted molar refractivity (Wildman–Crippen MR) is 138 cm³/mol. The molecule has 0 N–H and O–H groups in total. The van der Waals surface area contributed by atoms with Gasteiger partial charge in [-0.15, -0.1) is 0 Å². The molecule has 0 unspecified atom stereocenters. The van der Waals surface area contributed by atoms with Crippen LogP contribution in [-0.4, -0.2) is 45.9 Å². The second-order valence-electron chi connectivity index (χ2n) is 8.83. The minimum atomic E-state index is -0.195. The molecule has 0 fully saturated rings. The topological polar surface area (TPSA) is 75.7 Å².